The first-order valence-electron chi connectivity index (χ1n) is 13.7. The Kier molecular flexibility index (Phi) is 16.3. The third kappa shape index (κ3) is 13.7. The van der Waals surface area contributed by atoms with Crippen LogP contribution in [0.2, 0.25) is 0 Å². The van der Waals surface area contributed by atoms with Gasteiger partial charge >= 0.3 is 0 Å². The molecule has 0 saturated carbocycles. The molecule has 5 atom stereocenters. The first-order chi connectivity index (χ1) is 15.8. The summed E-state index contributed by atoms with van der Waals surface area (Å²) in [5.41, 5.74) is 1.64. The summed E-state index contributed by atoms with van der Waals surface area (Å²) in [5, 5.41) is 21.3. The van der Waals surface area contributed by atoms with Crippen molar-refractivity contribution in [1.29, 1.82) is 0 Å². The van der Waals surface area contributed by atoms with Gasteiger partial charge in [-0.05, 0) is 81.6 Å². The summed E-state index contributed by atoms with van der Waals surface area (Å²) in [5.74, 6) is 1.21. The first-order valence-corrected chi connectivity index (χ1v) is 13.7. The van der Waals surface area contributed by atoms with Gasteiger partial charge in [0, 0.05) is 19.7 Å². The van der Waals surface area contributed by atoms with Crippen LogP contribution in [0.5, 0.6) is 0 Å². The van der Waals surface area contributed by atoms with Crippen molar-refractivity contribution in [2.24, 2.45) is 23.7 Å². The highest BCUT2D eigenvalue weighted by molar-refractivity contribution is 5.04. The number of ether oxygens (including phenoxy) is 1. The molecule has 1 heterocycles. The molecule has 0 amide bonds. The van der Waals surface area contributed by atoms with E-state index in [2.05, 4.69) is 52.2 Å². The van der Waals surface area contributed by atoms with Crippen LogP contribution >= 0.6 is 0 Å². The Morgan fingerprint density at radius 1 is 1.03 bits per heavy atom. The van der Waals surface area contributed by atoms with Crippen LogP contribution in [0.25, 0.3) is 0 Å². The average Bonchev–Trinajstić information content (AvgIpc) is 3.00. The van der Waals surface area contributed by atoms with Crippen molar-refractivity contribution in [2.75, 3.05) is 32.8 Å². The Hall–Kier alpha value is -0.680. The van der Waals surface area contributed by atoms with Gasteiger partial charge in [0.05, 0.1) is 18.8 Å². The highest BCUT2D eigenvalue weighted by atomic mass is 16.5. The van der Waals surface area contributed by atoms with Crippen molar-refractivity contribution in [3.05, 3.63) is 24.3 Å². The van der Waals surface area contributed by atoms with Crippen LogP contribution in [-0.4, -0.2) is 60.2 Å². The minimum absolute atomic E-state index is 0.174. The fourth-order valence-corrected chi connectivity index (χ4v) is 4.87. The number of hydrogen-bond donors (Lipinski definition) is 2. The van der Waals surface area contributed by atoms with Crippen LogP contribution in [0.1, 0.15) is 92.4 Å². The number of aliphatic hydroxyl groups is 2. The molecule has 5 unspecified atom stereocenters. The van der Waals surface area contributed by atoms with E-state index in [0.717, 1.165) is 45.4 Å². The molecule has 33 heavy (non-hydrogen) atoms. The van der Waals surface area contributed by atoms with Crippen LogP contribution in [0.15, 0.2) is 24.3 Å². The summed E-state index contributed by atoms with van der Waals surface area (Å²) in [6.07, 6.45) is 13.0. The van der Waals surface area contributed by atoms with E-state index < -0.39 is 0 Å². The maximum Gasteiger partial charge on any atom is 0.0593 e. The van der Waals surface area contributed by atoms with E-state index in [1.54, 1.807) is 5.57 Å². The maximum atomic E-state index is 10.8. The minimum Gasteiger partial charge on any atom is -0.393 e. The van der Waals surface area contributed by atoms with E-state index in [4.69, 9.17) is 4.74 Å². The molecule has 1 rings (SSSR count). The van der Waals surface area contributed by atoms with E-state index >= 15 is 0 Å². The second kappa shape index (κ2) is 17.7. The molecule has 1 aliphatic heterocycles. The van der Waals surface area contributed by atoms with Gasteiger partial charge in [-0.25, -0.2) is 0 Å². The highest BCUT2D eigenvalue weighted by Crippen LogP contribution is 2.27. The normalized spacial score (nSPS) is 21.5. The van der Waals surface area contributed by atoms with Gasteiger partial charge in [-0.2, -0.15) is 0 Å². The molecule has 0 spiro atoms. The van der Waals surface area contributed by atoms with Gasteiger partial charge in [-0.15, -0.1) is 6.58 Å². The lowest BCUT2D eigenvalue weighted by Crippen LogP contribution is -2.29. The zero-order chi connectivity index (χ0) is 24.6. The molecular weight excluding hydrogens is 410 g/mol. The van der Waals surface area contributed by atoms with Gasteiger partial charge in [-0.3, -0.25) is 0 Å². The van der Waals surface area contributed by atoms with Crippen molar-refractivity contribution in [1.82, 2.24) is 4.90 Å². The second-order valence-corrected chi connectivity index (χ2v) is 10.9. The Labute approximate surface area is 205 Å². The molecular formula is C29H55NO3. The van der Waals surface area contributed by atoms with Crippen LogP contribution in [0, 0.1) is 23.7 Å². The summed E-state index contributed by atoms with van der Waals surface area (Å²) in [6, 6.07) is 0. The van der Waals surface area contributed by atoms with Crippen LogP contribution in [0.4, 0.5) is 0 Å². The number of unbranched alkanes of at least 4 members (excludes halogenated alkanes) is 1. The Bertz CT molecular complexity index is 533. The SMILES string of the molecule is C=CC(C)C(C)C(O)CC(CCOCCN1CCC/C(=C/CCC)CC1)CC(O)CC(C)C. The Morgan fingerprint density at radius 2 is 1.79 bits per heavy atom. The number of allylic oxidation sites excluding steroid dienone is 2. The fraction of sp³-hybridized carbons (Fsp3) is 0.862. The predicted molar refractivity (Wildman–Crippen MR) is 141 cm³/mol. The average molecular weight is 466 g/mol. The topological polar surface area (TPSA) is 52.9 Å². The Balaban J connectivity index is 2.43. The van der Waals surface area contributed by atoms with E-state index in [-0.39, 0.29) is 30.0 Å². The molecule has 0 bridgehead atoms. The lowest BCUT2D eigenvalue weighted by Gasteiger charge is -2.28. The van der Waals surface area contributed by atoms with Crippen molar-refractivity contribution in [2.45, 2.75) is 105 Å². The van der Waals surface area contributed by atoms with Crippen molar-refractivity contribution < 1.29 is 14.9 Å². The minimum atomic E-state index is -0.374. The summed E-state index contributed by atoms with van der Waals surface area (Å²) in [7, 11) is 0. The van der Waals surface area contributed by atoms with Gasteiger partial charge in [0.1, 0.15) is 0 Å². The summed E-state index contributed by atoms with van der Waals surface area (Å²) >= 11 is 0. The molecule has 0 aliphatic carbocycles. The molecule has 1 fully saturated rings. The maximum absolute atomic E-state index is 10.8. The first kappa shape index (κ1) is 30.4. The van der Waals surface area contributed by atoms with Crippen LogP contribution in [0.3, 0.4) is 0 Å². The quantitative estimate of drug-likeness (QED) is 0.197. The molecule has 2 N–H and O–H groups in total. The van der Waals surface area contributed by atoms with E-state index in [0.29, 0.717) is 12.5 Å². The number of nitrogens with zero attached hydrogens (tertiary/aromatic N) is 1. The monoisotopic (exact) mass is 465 g/mol. The lowest BCUT2D eigenvalue weighted by atomic mass is 9.82. The standard InChI is InChI=1S/C29H55NO3/c1-7-9-11-26-12-10-15-30(16-13-26)17-19-33-18-14-27(21-28(31)20-23(3)4)22-29(32)25(6)24(5)8-2/h8,11,23-25,27-29,31-32H,2,7,9-10,12-22H2,1,3-6H3/b26-11-. The fourth-order valence-electron chi connectivity index (χ4n) is 4.87. The van der Waals surface area contributed by atoms with Crippen LogP contribution < -0.4 is 0 Å². The van der Waals surface area contributed by atoms with Gasteiger partial charge in [0.25, 0.3) is 0 Å². The molecule has 1 saturated heterocycles. The van der Waals surface area contributed by atoms with Crippen molar-refractivity contribution >= 4 is 0 Å². The summed E-state index contributed by atoms with van der Waals surface area (Å²) in [4.78, 5) is 2.54. The molecule has 4 nitrogen and oxygen atoms in total. The summed E-state index contributed by atoms with van der Waals surface area (Å²) in [6.45, 7) is 19.4. The molecule has 0 aromatic heterocycles. The van der Waals surface area contributed by atoms with Gasteiger partial charge in [0.15, 0.2) is 0 Å². The smallest absolute Gasteiger partial charge is 0.0593 e. The molecule has 0 radical (unpaired) electrons. The largest absolute Gasteiger partial charge is 0.393 e. The number of aliphatic hydroxyl groups excluding tert-OH is 2. The van der Waals surface area contributed by atoms with Gasteiger partial charge in [0.2, 0.25) is 0 Å². The predicted octanol–water partition coefficient (Wildman–Crippen LogP) is 6.23. The molecule has 0 aromatic rings. The van der Waals surface area contributed by atoms with Crippen LogP contribution in [-0.2, 0) is 4.74 Å². The Morgan fingerprint density at radius 3 is 2.45 bits per heavy atom. The van der Waals surface area contributed by atoms with E-state index in [1.165, 1.54) is 38.6 Å². The number of likely N-dealkylation sites (tertiary alicyclic amines) is 1. The highest BCUT2D eigenvalue weighted by Gasteiger charge is 2.24. The third-order valence-corrected chi connectivity index (χ3v) is 7.40. The summed E-state index contributed by atoms with van der Waals surface area (Å²) < 4.78 is 6.04. The van der Waals surface area contributed by atoms with E-state index in [9.17, 15) is 10.2 Å². The van der Waals surface area contributed by atoms with Crippen molar-refractivity contribution in [3.8, 4) is 0 Å². The molecule has 4 heteroatoms. The van der Waals surface area contributed by atoms with Crippen molar-refractivity contribution in [3.63, 3.8) is 0 Å². The lowest BCUT2D eigenvalue weighted by molar-refractivity contribution is 0.0382. The zero-order valence-corrected chi connectivity index (χ0v) is 22.5. The van der Waals surface area contributed by atoms with Gasteiger partial charge < -0.3 is 19.8 Å². The zero-order valence-electron chi connectivity index (χ0n) is 22.5. The van der Waals surface area contributed by atoms with E-state index in [1.807, 2.05) is 6.08 Å². The molecule has 1 aliphatic rings. The molecule has 194 valence electrons. The molecule has 0 aromatic carbocycles. The second-order valence-electron chi connectivity index (χ2n) is 10.9. The van der Waals surface area contributed by atoms with Gasteiger partial charge in [-0.1, -0.05) is 58.8 Å². The number of hydrogen-bond acceptors (Lipinski definition) is 4. The number of rotatable bonds is 17. The third-order valence-electron chi connectivity index (χ3n) is 7.40.